The summed E-state index contributed by atoms with van der Waals surface area (Å²) in [6.07, 6.45) is 8.44. The first-order chi connectivity index (χ1) is 15.6. The number of carbonyl (C=O) groups excluding carboxylic acids is 1. The van der Waals surface area contributed by atoms with Gasteiger partial charge in [0.05, 0.1) is 0 Å². The summed E-state index contributed by atoms with van der Waals surface area (Å²) in [4.78, 5) is 22.6. The Morgan fingerprint density at radius 1 is 0.625 bits per heavy atom. The molecule has 0 fully saturated rings. The van der Waals surface area contributed by atoms with Gasteiger partial charge in [-0.2, -0.15) is 0 Å². The quantitative estimate of drug-likeness (QED) is 0.350. The molecule has 3 heteroatoms. The zero-order valence-electron chi connectivity index (χ0n) is 18.6. The molecule has 0 saturated heterocycles. The number of aromatic nitrogens is 2. The fourth-order valence-corrected chi connectivity index (χ4v) is 4.32. The molecule has 160 valence electrons. The monoisotopic (exact) mass is 420 g/mol. The molecule has 2 aromatic heterocycles. The fourth-order valence-electron chi connectivity index (χ4n) is 4.32. The highest BCUT2D eigenvalue weighted by molar-refractivity contribution is 5.92. The van der Waals surface area contributed by atoms with E-state index in [1.54, 1.807) is 24.8 Å². The molecular weight excluding hydrogens is 392 g/mol. The molecule has 0 bridgehead atoms. The molecule has 32 heavy (non-hydrogen) atoms. The summed E-state index contributed by atoms with van der Waals surface area (Å²) in [6.45, 7) is 4.22. The highest BCUT2D eigenvalue weighted by atomic mass is 16.1. The molecule has 0 amide bonds. The molecule has 0 radical (unpaired) electrons. The number of benzene rings is 2. The van der Waals surface area contributed by atoms with Crippen LogP contribution in [0.3, 0.4) is 0 Å². The van der Waals surface area contributed by atoms with Crippen molar-refractivity contribution in [1.82, 2.24) is 9.97 Å². The average molecular weight is 421 g/mol. The van der Waals surface area contributed by atoms with Gasteiger partial charge in [0.25, 0.3) is 0 Å². The summed E-state index contributed by atoms with van der Waals surface area (Å²) in [6, 6.07) is 24.5. The zero-order valence-corrected chi connectivity index (χ0v) is 18.6. The SMILES string of the molecule is Cc1ccccc1CC(C(=O)C(Cc1ccccc1C)c1ccncc1)c1ccncc1. The highest BCUT2D eigenvalue weighted by Crippen LogP contribution is 2.32. The number of aryl methyl sites for hydroxylation is 2. The van der Waals surface area contributed by atoms with Gasteiger partial charge in [-0.3, -0.25) is 14.8 Å². The summed E-state index contributed by atoms with van der Waals surface area (Å²) in [5.41, 5.74) is 6.84. The predicted molar refractivity (Wildman–Crippen MR) is 129 cm³/mol. The molecule has 0 spiro atoms. The molecule has 2 heterocycles. The van der Waals surface area contributed by atoms with Gasteiger partial charge in [-0.1, -0.05) is 48.5 Å². The standard InChI is InChI=1S/C29H28N2O/c1-21-7-3-5-9-25(21)19-27(23-11-15-30-16-12-23)29(32)28(24-13-17-31-18-14-24)20-26-10-6-4-8-22(26)2/h3-18,27-28H,19-20H2,1-2H3. The van der Waals surface area contributed by atoms with Crippen molar-refractivity contribution in [3.05, 3.63) is 131 Å². The lowest BCUT2D eigenvalue weighted by molar-refractivity contribution is -0.122. The maximum atomic E-state index is 14.2. The summed E-state index contributed by atoms with van der Waals surface area (Å²) in [5, 5.41) is 0. The normalized spacial score (nSPS) is 12.8. The number of nitrogens with zero attached hydrogens (tertiary/aromatic N) is 2. The van der Waals surface area contributed by atoms with Gasteiger partial charge in [-0.25, -0.2) is 0 Å². The van der Waals surface area contributed by atoms with Crippen molar-refractivity contribution >= 4 is 5.78 Å². The zero-order chi connectivity index (χ0) is 22.3. The number of carbonyl (C=O) groups is 1. The molecule has 2 atom stereocenters. The molecular formula is C29H28N2O. The van der Waals surface area contributed by atoms with E-state index in [0.29, 0.717) is 12.8 Å². The summed E-state index contributed by atoms with van der Waals surface area (Å²) < 4.78 is 0. The average Bonchev–Trinajstić information content (AvgIpc) is 2.84. The van der Waals surface area contributed by atoms with E-state index in [1.807, 2.05) is 48.5 Å². The minimum absolute atomic E-state index is 0.230. The van der Waals surface area contributed by atoms with E-state index < -0.39 is 0 Å². The van der Waals surface area contributed by atoms with Crippen molar-refractivity contribution < 1.29 is 4.79 Å². The van der Waals surface area contributed by atoms with E-state index in [4.69, 9.17) is 0 Å². The fraction of sp³-hybridized carbons (Fsp3) is 0.207. The lowest BCUT2D eigenvalue weighted by atomic mass is 9.77. The Balaban J connectivity index is 1.75. The second-order valence-electron chi connectivity index (χ2n) is 8.33. The van der Waals surface area contributed by atoms with Gasteiger partial charge in [0.15, 0.2) is 0 Å². The van der Waals surface area contributed by atoms with Gasteiger partial charge < -0.3 is 0 Å². The predicted octanol–water partition coefficient (Wildman–Crippen LogP) is 6.02. The lowest BCUT2D eigenvalue weighted by Crippen LogP contribution is -2.25. The van der Waals surface area contributed by atoms with Crippen molar-refractivity contribution in [1.29, 1.82) is 0 Å². The van der Waals surface area contributed by atoms with Crippen LogP contribution in [0.4, 0.5) is 0 Å². The Bertz CT molecular complexity index is 1080. The van der Waals surface area contributed by atoms with Gasteiger partial charge in [-0.05, 0) is 84.3 Å². The Kier molecular flexibility index (Phi) is 6.86. The lowest BCUT2D eigenvalue weighted by Gasteiger charge is -2.25. The number of pyridine rings is 2. The first kappa shape index (κ1) is 21.6. The number of ketones is 1. The van der Waals surface area contributed by atoms with Crippen molar-refractivity contribution in [2.45, 2.75) is 38.5 Å². The molecule has 0 aliphatic rings. The third-order valence-electron chi connectivity index (χ3n) is 6.27. The number of Topliss-reactive ketones (excluding diaryl/α,β-unsaturated/α-hetero) is 1. The molecule has 2 unspecified atom stereocenters. The molecule has 4 aromatic rings. The minimum atomic E-state index is -0.249. The highest BCUT2D eigenvalue weighted by Gasteiger charge is 2.30. The van der Waals surface area contributed by atoms with Crippen LogP contribution >= 0.6 is 0 Å². The van der Waals surface area contributed by atoms with Crippen LogP contribution in [-0.4, -0.2) is 15.8 Å². The van der Waals surface area contributed by atoms with E-state index in [-0.39, 0.29) is 17.6 Å². The maximum Gasteiger partial charge on any atom is 0.148 e. The van der Waals surface area contributed by atoms with Gasteiger partial charge in [-0.15, -0.1) is 0 Å². The number of rotatable bonds is 8. The molecule has 2 aromatic carbocycles. The third-order valence-corrected chi connectivity index (χ3v) is 6.27. The van der Waals surface area contributed by atoms with Crippen LogP contribution in [0.25, 0.3) is 0 Å². The summed E-state index contributed by atoms with van der Waals surface area (Å²) in [5.74, 6) is -0.267. The number of hydrogen-bond acceptors (Lipinski definition) is 3. The van der Waals surface area contributed by atoms with Crippen LogP contribution in [-0.2, 0) is 17.6 Å². The van der Waals surface area contributed by atoms with E-state index in [9.17, 15) is 4.79 Å². The van der Waals surface area contributed by atoms with E-state index in [0.717, 1.165) is 11.1 Å². The molecule has 0 aliphatic carbocycles. The van der Waals surface area contributed by atoms with Crippen molar-refractivity contribution in [3.63, 3.8) is 0 Å². The van der Waals surface area contributed by atoms with E-state index in [1.165, 1.54) is 22.3 Å². The van der Waals surface area contributed by atoms with Crippen LogP contribution in [0.2, 0.25) is 0 Å². The first-order valence-corrected chi connectivity index (χ1v) is 11.1. The molecule has 0 saturated carbocycles. The van der Waals surface area contributed by atoms with E-state index >= 15 is 0 Å². The summed E-state index contributed by atoms with van der Waals surface area (Å²) in [7, 11) is 0. The largest absolute Gasteiger partial charge is 0.298 e. The van der Waals surface area contributed by atoms with Crippen molar-refractivity contribution in [2.24, 2.45) is 0 Å². The van der Waals surface area contributed by atoms with Crippen molar-refractivity contribution in [2.75, 3.05) is 0 Å². The molecule has 4 rings (SSSR count). The first-order valence-electron chi connectivity index (χ1n) is 11.1. The van der Waals surface area contributed by atoms with Crippen LogP contribution < -0.4 is 0 Å². The Hall–Kier alpha value is -3.59. The minimum Gasteiger partial charge on any atom is -0.298 e. The summed E-state index contributed by atoms with van der Waals surface area (Å²) >= 11 is 0. The van der Waals surface area contributed by atoms with Crippen LogP contribution in [0.5, 0.6) is 0 Å². The molecule has 3 nitrogen and oxygen atoms in total. The third kappa shape index (κ3) is 5.00. The Morgan fingerprint density at radius 2 is 1.00 bits per heavy atom. The van der Waals surface area contributed by atoms with Gasteiger partial charge in [0.2, 0.25) is 0 Å². The topological polar surface area (TPSA) is 42.9 Å². The second kappa shape index (κ2) is 10.1. The van der Waals surface area contributed by atoms with Gasteiger partial charge >= 0.3 is 0 Å². The molecule has 0 N–H and O–H groups in total. The Labute approximate surface area is 190 Å². The number of hydrogen-bond donors (Lipinski definition) is 0. The van der Waals surface area contributed by atoms with Crippen LogP contribution in [0.1, 0.15) is 45.2 Å². The van der Waals surface area contributed by atoms with Crippen LogP contribution in [0, 0.1) is 13.8 Å². The van der Waals surface area contributed by atoms with Gasteiger partial charge in [0, 0.05) is 36.6 Å². The Morgan fingerprint density at radius 3 is 1.38 bits per heavy atom. The second-order valence-corrected chi connectivity index (χ2v) is 8.33. The van der Waals surface area contributed by atoms with Crippen LogP contribution in [0.15, 0.2) is 97.6 Å². The van der Waals surface area contributed by atoms with Gasteiger partial charge in [0.1, 0.15) is 5.78 Å². The van der Waals surface area contributed by atoms with E-state index in [2.05, 4.69) is 48.1 Å². The van der Waals surface area contributed by atoms with Crippen molar-refractivity contribution in [3.8, 4) is 0 Å². The smallest absolute Gasteiger partial charge is 0.148 e. The molecule has 0 aliphatic heterocycles. The maximum absolute atomic E-state index is 14.2.